The minimum Gasteiger partial charge on any atom is -0.326 e. The van der Waals surface area contributed by atoms with Crippen molar-refractivity contribution in [3.63, 3.8) is 0 Å². The van der Waals surface area contributed by atoms with Crippen LogP contribution in [-0.2, 0) is 26.0 Å². The highest BCUT2D eigenvalue weighted by molar-refractivity contribution is 7.89. The second kappa shape index (κ2) is 11.6. The highest BCUT2D eigenvalue weighted by Crippen LogP contribution is 2.36. The summed E-state index contributed by atoms with van der Waals surface area (Å²) in [6.07, 6.45) is 4.22. The number of aliphatic imine (C=N–C) groups is 1. The average Bonchev–Trinajstić information content (AvgIpc) is 3.17. The molecule has 0 bridgehead atoms. The molecule has 11 heteroatoms. The fourth-order valence-corrected chi connectivity index (χ4v) is 7.14. The molecule has 2 fully saturated rings. The molecule has 1 aromatic rings. The van der Waals surface area contributed by atoms with E-state index in [9.17, 15) is 26.8 Å². The lowest BCUT2D eigenvalue weighted by Crippen LogP contribution is -2.51. The summed E-state index contributed by atoms with van der Waals surface area (Å²) in [5, 5.41) is 5.67. The SMILES string of the molecule is CC(=O)Nc1ccc(CCS(=O)(=O)N2CCC3(CC2)N=C(C2CCC(C=CC(F)F)CC2)NC3=O)c(C)c1. The Bertz CT molecular complexity index is 1220. The zero-order valence-electron chi connectivity index (χ0n) is 21.9. The lowest BCUT2D eigenvalue weighted by atomic mass is 9.81. The number of aryl methyl sites for hydroxylation is 2. The molecule has 1 saturated carbocycles. The number of piperidine rings is 1. The fraction of sp³-hybridized carbons (Fsp3) is 0.593. The van der Waals surface area contributed by atoms with Gasteiger partial charge in [0.05, 0.1) is 5.75 Å². The summed E-state index contributed by atoms with van der Waals surface area (Å²) in [6.45, 7) is 3.79. The van der Waals surface area contributed by atoms with E-state index in [0.29, 0.717) is 30.8 Å². The molecule has 1 aliphatic carbocycles. The van der Waals surface area contributed by atoms with Crippen LogP contribution < -0.4 is 10.6 Å². The highest BCUT2D eigenvalue weighted by Gasteiger charge is 2.48. The number of alkyl halides is 2. The molecule has 2 N–H and O–H groups in total. The summed E-state index contributed by atoms with van der Waals surface area (Å²) in [7, 11) is -3.52. The number of carbonyl (C=O) groups excluding carboxylic acids is 2. The van der Waals surface area contributed by atoms with Crippen LogP contribution in [0.4, 0.5) is 14.5 Å². The van der Waals surface area contributed by atoms with Crippen LogP contribution in [0.5, 0.6) is 0 Å². The monoisotopic (exact) mass is 550 g/mol. The van der Waals surface area contributed by atoms with E-state index in [1.165, 1.54) is 11.2 Å². The summed E-state index contributed by atoms with van der Waals surface area (Å²) in [5.41, 5.74) is 1.56. The average molecular weight is 551 g/mol. The normalized spacial score (nSPS) is 24.1. The lowest BCUT2D eigenvalue weighted by molar-refractivity contribution is -0.125. The van der Waals surface area contributed by atoms with Gasteiger partial charge < -0.3 is 10.6 Å². The van der Waals surface area contributed by atoms with Gasteiger partial charge in [-0.15, -0.1) is 0 Å². The molecule has 208 valence electrons. The van der Waals surface area contributed by atoms with Crippen molar-refractivity contribution in [1.82, 2.24) is 9.62 Å². The van der Waals surface area contributed by atoms with Crippen LogP contribution in [0.25, 0.3) is 0 Å². The summed E-state index contributed by atoms with van der Waals surface area (Å²) in [4.78, 5) is 29.0. The lowest BCUT2D eigenvalue weighted by Gasteiger charge is -2.34. The zero-order chi connectivity index (χ0) is 27.5. The Morgan fingerprint density at radius 1 is 1.24 bits per heavy atom. The Kier molecular flexibility index (Phi) is 8.66. The predicted molar refractivity (Wildman–Crippen MR) is 143 cm³/mol. The number of hydrogen-bond donors (Lipinski definition) is 2. The third kappa shape index (κ3) is 6.66. The quantitative estimate of drug-likeness (QED) is 0.480. The van der Waals surface area contributed by atoms with Crippen LogP contribution >= 0.6 is 0 Å². The van der Waals surface area contributed by atoms with Crippen molar-refractivity contribution in [2.45, 2.75) is 70.8 Å². The first kappa shape index (κ1) is 28.4. The number of sulfonamides is 1. The van der Waals surface area contributed by atoms with Gasteiger partial charge in [-0.1, -0.05) is 12.1 Å². The maximum Gasteiger partial charge on any atom is 0.257 e. The Morgan fingerprint density at radius 3 is 2.53 bits per heavy atom. The molecule has 0 aromatic heterocycles. The number of amidine groups is 1. The first-order valence-corrected chi connectivity index (χ1v) is 14.8. The number of carbonyl (C=O) groups is 2. The van der Waals surface area contributed by atoms with Crippen molar-refractivity contribution in [2.75, 3.05) is 24.2 Å². The van der Waals surface area contributed by atoms with Crippen molar-refractivity contribution < 1.29 is 26.8 Å². The van der Waals surface area contributed by atoms with Gasteiger partial charge in [-0.25, -0.2) is 21.5 Å². The van der Waals surface area contributed by atoms with Crippen molar-refractivity contribution in [3.05, 3.63) is 41.5 Å². The number of nitrogens with zero attached hydrogens (tertiary/aromatic N) is 2. The fourth-order valence-electron chi connectivity index (χ4n) is 5.66. The zero-order valence-corrected chi connectivity index (χ0v) is 22.7. The van der Waals surface area contributed by atoms with Crippen LogP contribution in [0.3, 0.4) is 0 Å². The second-order valence-electron chi connectivity index (χ2n) is 10.6. The number of benzene rings is 1. The van der Waals surface area contributed by atoms with Crippen LogP contribution in [-0.4, -0.2) is 61.2 Å². The molecule has 4 rings (SSSR count). The molecule has 1 spiro atoms. The smallest absolute Gasteiger partial charge is 0.257 e. The van der Waals surface area contributed by atoms with Gasteiger partial charge in [-0.05, 0) is 87.1 Å². The summed E-state index contributed by atoms with van der Waals surface area (Å²) < 4.78 is 52.5. The number of nitrogens with one attached hydrogen (secondary N) is 2. The Hall–Kier alpha value is -2.66. The predicted octanol–water partition coefficient (Wildman–Crippen LogP) is 3.82. The van der Waals surface area contributed by atoms with E-state index >= 15 is 0 Å². The maximum absolute atomic E-state index is 13.1. The first-order valence-electron chi connectivity index (χ1n) is 13.2. The van der Waals surface area contributed by atoms with Gasteiger partial charge in [0.15, 0.2) is 0 Å². The van der Waals surface area contributed by atoms with Crippen molar-refractivity contribution in [3.8, 4) is 0 Å². The summed E-state index contributed by atoms with van der Waals surface area (Å²) in [5.74, 6) is 0.516. The van der Waals surface area contributed by atoms with Gasteiger partial charge in [0.2, 0.25) is 15.9 Å². The minimum atomic E-state index is -3.52. The van der Waals surface area contributed by atoms with E-state index in [4.69, 9.17) is 4.99 Å². The molecule has 2 aliphatic heterocycles. The summed E-state index contributed by atoms with van der Waals surface area (Å²) >= 11 is 0. The molecule has 3 aliphatic rings. The van der Waals surface area contributed by atoms with E-state index in [2.05, 4.69) is 10.6 Å². The molecular formula is C27H36F2N4O4S. The second-order valence-corrected chi connectivity index (χ2v) is 12.7. The van der Waals surface area contributed by atoms with Gasteiger partial charge in [0, 0.05) is 31.6 Å². The van der Waals surface area contributed by atoms with Gasteiger partial charge in [-0.2, -0.15) is 0 Å². The molecule has 8 nitrogen and oxygen atoms in total. The van der Waals surface area contributed by atoms with Crippen LogP contribution in [0.15, 0.2) is 35.3 Å². The van der Waals surface area contributed by atoms with Crippen molar-refractivity contribution in [2.24, 2.45) is 16.8 Å². The summed E-state index contributed by atoms with van der Waals surface area (Å²) in [6, 6.07) is 5.43. The molecule has 2 heterocycles. The largest absolute Gasteiger partial charge is 0.326 e. The first-order chi connectivity index (χ1) is 18.0. The molecule has 2 amide bonds. The topological polar surface area (TPSA) is 108 Å². The number of rotatable bonds is 8. The van der Waals surface area contributed by atoms with Crippen LogP contribution in [0.2, 0.25) is 0 Å². The molecule has 1 aromatic carbocycles. The number of hydrogen-bond acceptors (Lipinski definition) is 5. The van der Waals surface area contributed by atoms with Crippen LogP contribution in [0.1, 0.15) is 56.6 Å². The van der Waals surface area contributed by atoms with Gasteiger partial charge in [-0.3, -0.25) is 14.6 Å². The number of anilines is 1. The molecule has 0 unspecified atom stereocenters. The Labute approximate surface area is 223 Å². The van der Waals surface area contributed by atoms with E-state index < -0.39 is 22.0 Å². The number of halogens is 2. The van der Waals surface area contributed by atoms with Gasteiger partial charge in [0.25, 0.3) is 12.3 Å². The highest BCUT2D eigenvalue weighted by atomic mass is 32.2. The molecular weight excluding hydrogens is 514 g/mol. The minimum absolute atomic E-state index is 0.0374. The van der Waals surface area contributed by atoms with Gasteiger partial charge in [0.1, 0.15) is 11.4 Å². The molecule has 38 heavy (non-hydrogen) atoms. The Morgan fingerprint density at radius 2 is 1.92 bits per heavy atom. The third-order valence-electron chi connectivity index (χ3n) is 7.92. The van der Waals surface area contributed by atoms with Crippen molar-refractivity contribution in [1.29, 1.82) is 0 Å². The van der Waals surface area contributed by atoms with Crippen molar-refractivity contribution >= 4 is 33.4 Å². The van der Waals surface area contributed by atoms with E-state index in [1.807, 2.05) is 19.1 Å². The van der Waals surface area contributed by atoms with Gasteiger partial charge >= 0.3 is 0 Å². The maximum atomic E-state index is 13.1. The van der Waals surface area contributed by atoms with E-state index in [1.54, 1.807) is 12.1 Å². The number of allylic oxidation sites excluding steroid dienone is 2. The molecule has 0 atom stereocenters. The third-order valence-corrected chi connectivity index (χ3v) is 9.79. The van der Waals surface area contributed by atoms with Crippen LogP contribution in [0, 0.1) is 18.8 Å². The standard InChI is InChI=1S/C27H36F2N4O4S/c1-18-17-23(30-19(2)34)9-8-21(18)11-16-38(36,37)33-14-12-27(13-15-33)26(35)31-25(32-27)22-6-3-20(4-7-22)5-10-24(28)29/h5,8-10,17,20,22,24H,3-4,6-7,11-16H2,1-2H3,(H,30,34)(H,31,32,35). The van der Waals surface area contributed by atoms with E-state index in [-0.39, 0.29) is 42.5 Å². The molecule has 1 saturated heterocycles. The Balaban J connectivity index is 1.32. The molecule has 0 radical (unpaired) electrons. The number of amides is 2. The van der Waals surface area contributed by atoms with E-state index in [0.717, 1.165) is 42.9 Å².